The average molecular weight is 539 g/mol. The number of aliphatic carboxylic acids is 2. The third-order valence-corrected chi connectivity index (χ3v) is 6.12. The monoisotopic (exact) mass is 538 g/mol. The third-order valence-electron chi connectivity index (χ3n) is 5.75. The summed E-state index contributed by atoms with van der Waals surface area (Å²) in [4.78, 5) is 52.3. The van der Waals surface area contributed by atoms with Crippen molar-refractivity contribution in [1.82, 2.24) is 5.32 Å². The quantitative estimate of drug-likeness (QED) is 0.236. The number of nitrogens with zero attached hydrogens (tertiary/aromatic N) is 1. The smallest absolute Gasteiger partial charge is 0.336 e. The van der Waals surface area contributed by atoms with Crippen LogP contribution in [0, 0.1) is 11.8 Å². The van der Waals surface area contributed by atoms with E-state index in [4.69, 9.17) is 36.0 Å². The first-order chi connectivity index (χ1) is 17.6. The van der Waals surface area contributed by atoms with E-state index in [1.54, 1.807) is 38.1 Å². The molecular weight excluding hydrogens is 508 g/mol. The molecule has 1 heterocycles. The molecular formula is C25H31ClN2O9. The number of nitrogens with one attached hydrogen (secondary N) is 1. The summed E-state index contributed by atoms with van der Waals surface area (Å²) < 4.78 is 15.9. The maximum absolute atomic E-state index is 13.1. The van der Waals surface area contributed by atoms with Gasteiger partial charge in [-0.25, -0.2) is 4.79 Å². The molecule has 202 valence electrons. The summed E-state index contributed by atoms with van der Waals surface area (Å²) in [6.07, 6.45) is -0.351. The Kier molecular flexibility index (Phi) is 11.7. The zero-order valence-electron chi connectivity index (χ0n) is 20.9. The first-order valence-electron chi connectivity index (χ1n) is 11.6. The largest absolute Gasteiger partial charge is 0.481 e. The first kappa shape index (κ1) is 29.9. The fraction of sp³-hybridized carbons (Fsp3) is 0.480. The molecule has 0 fully saturated rings. The van der Waals surface area contributed by atoms with Crippen molar-refractivity contribution in [2.45, 2.75) is 32.7 Å². The highest BCUT2D eigenvalue weighted by Gasteiger charge is 2.42. The second kappa shape index (κ2) is 14.5. The van der Waals surface area contributed by atoms with Crippen LogP contribution >= 0.6 is 11.6 Å². The van der Waals surface area contributed by atoms with Crippen LogP contribution in [-0.4, -0.2) is 79.3 Å². The average Bonchev–Trinajstić information content (AvgIpc) is 2.83. The van der Waals surface area contributed by atoms with E-state index in [9.17, 15) is 19.2 Å². The number of ether oxygens (including phenoxy) is 3. The van der Waals surface area contributed by atoms with Gasteiger partial charge in [-0.05, 0) is 31.9 Å². The SMILES string of the molecule is CCOC(=O)C1=C(COCCNC(CC(=O)O)C(=O)O)N=C(C)C(C(=O)OC)C1Cc1ccccc1Cl. The number of carboxylic acids is 2. The van der Waals surface area contributed by atoms with Gasteiger partial charge >= 0.3 is 23.9 Å². The lowest BCUT2D eigenvalue weighted by Crippen LogP contribution is -2.40. The van der Waals surface area contributed by atoms with E-state index in [0.29, 0.717) is 10.7 Å². The molecule has 0 saturated heterocycles. The van der Waals surface area contributed by atoms with E-state index in [2.05, 4.69) is 10.3 Å². The van der Waals surface area contributed by atoms with Gasteiger partial charge in [-0.2, -0.15) is 0 Å². The van der Waals surface area contributed by atoms with Gasteiger partial charge in [0, 0.05) is 23.2 Å². The Hall–Kier alpha value is -3.28. The van der Waals surface area contributed by atoms with Gasteiger partial charge in [0.2, 0.25) is 0 Å². The maximum atomic E-state index is 13.1. The Morgan fingerprint density at radius 2 is 1.89 bits per heavy atom. The molecule has 1 aliphatic heterocycles. The van der Waals surface area contributed by atoms with E-state index >= 15 is 0 Å². The second-order valence-electron chi connectivity index (χ2n) is 8.23. The van der Waals surface area contributed by atoms with Gasteiger partial charge in [0.05, 0.1) is 44.6 Å². The molecule has 0 radical (unpaired) electrons. The number of esters is 2. The van der Waals surface area contributed by atoms with E-state index < -0.39 is 48.2 Å². The van der Waals surface area contributed by atoms with Crippen molar-refractivity contribution >= 4 is 41.2 Å². The minimum atomic E-state index is -1.29. The fourth-order valence-electron chi connectivity index (χ4n) is 4.08. The van der Waals surface area contributed by atoms with Crippen LogP contribution in [0.15, 0.2) is 40.5 Å². The van der Waals surface area contributed by atoms with Gasteiger partial charge in [0.1, 0.15) is 12.0 Å². The highest BCUT2D eigenvalue weighted by molar-refractivity contribution is 6.31. The topological polar surface area (TPSA) is 161 Å². The molecule has 3 atom stereocenters. The molecule has 0 spiro atoms. The molecule has 0 amide bonds. The van der Waals surface area contributed by atoms with Gasteiger partial charge in [-0.1, -0.05) is 29.8 Å². The molecule has 0 bridgehead atoms. The molecule has 3 unspecified atom stereocenters. The minimum Gasteiger partial charge on any atom is -0.481 e. The lowest BCUT2D eigenvalue weighted by molar-refractivity contribution is -0.146. The Morgan fingerprint density at radius 3 is 2.49 bits per heavy atom. The lowest BCUT2D eigenvalue weighted by Gasteiger charge is -2.32. The predicted molar refractivity (Wildman–Crippen MR) is 133 cm³/mol. The fourth-order valence-corrected chi connectivity index (χ4v) is 4.29. The summed E-state index contributed by atoms with van der Waals surface area (Å²) in [7, 11) is 1.26. The van der Waals surface area contributed by atoms with Gasteiger partial charge in [0.25, 0.3) is 0 Å². The van der Waals surface area contributed by atoms with E-state index in [0.717, 1.165) is 5.56 Å². The van der Waals surface area contributed by atoms with E-state index in [1.807, 2.05) is 0 Å². The maximum Gasteiger partial charge on any atom is 0.336 e. The molecule has 11 nitrogen and oxygen atoms in total. The molecule has 12 heteroatoms. The van der Waals surface area contributed by atoms with E-state index in [-0.39, 0.29) is 44.1 Å². The number of hydrogen-bond acceptors (Lipinski definition) is 9. The molecule has 0 aliphatic carbocycles. The Bertz CT molecular complexity index is 1070. The number of halogens is 1. The van der Waals surface area contributed by atoms with Crippen LogP contribution in [0.4, 0.5) is 0 Å². The van der Waals surface area contributed by atoms with Crippen molar-refractivity contribution in [2.75, 3.05) is 33.5 Å². The van der Waals surface area contributed by atoms with Crippen LogP contribution in [0.25, 0.3) is 0 Å². The number of benzene rings is 1. The first-order valence-corrected chi connectivity index (χ1v) is 12.0. The molecule has 0 aromatic heterocycles. The molecule has 1 aliphatic rings. The minimum absolute atomic E-state index is 0.00713. The summed E-state index contributed by atoms with van der Waals surface area (Å²) in [6, 6.07) is 5.83. The standard InChI is InChI=1S/C25H31ClN2O9/c1-4-37-25(34)22-16(11-15-7-5-6-8-17(15)26)21(24(33)35-3)14(2)28-19(22)13-36-10-9-27-18(23(31)32)12-20(29)30/h5-8,16,18,21,27H,4,9-13H2,1-3H3,(H,29,30)(H,31,32). The molecule has 1 aromatic carbocycles. The van der Waals surface area contributed by atoms with Crippen molar-refractivity contribution in [3.63, 3.8) is 0 Å². The van der Waals surface area contributed by atoms with Crippen LogP contribution in [0.5, 0.6) is 0 Å². The Labute approximate surface area is 219 Å². The van der Waals surface area contributed by atoms with Crippen LogP contribution in [0.3, 0.4) is 0 Å². The van der Waals surface area contributed by atoms with Crippen molar-refractivity contribution in [3.8, 4) is 0 Å². The number of hydrogen-bond donors (Lipinski definition) is 3. The van der Waals surface area contributed by atoms with Crippen LogP contribution in [0.1, 0.15) is 25.8 Å². The number of methoxy groups -OCH3 is 1. The summed E-state index contributed by atoms with van der Waals surface area (Å²) in [6.45, 7) is 3.35. The van der Waals surface area contributed by atoms with Crippen molar-refractivity contribution in [1.29, 1.82) is 0 Å². The Balaban J connectivity index is 2.31. The highest BCUT2D eigenvalue weighted by Crippen LogP contribution is 2.36. The van der Waals surface area contributed by atoms with Crippen molar-refractivity contribution < 1.29 is 43.6 Å². The molecule has 2 rings (SSSR count). The van der Waals surface area contributed by atoms with Crippen molar-refractivity contribution in [3.05, 3.63) is 46.1 Å². The number of aliphatic imine (C=N–C) groups is 1. The predicted octanol–water partition coefficient (Wildman–Crippen LogP) is 2.11. The van der Waals surface area contributed by atoms with Crippen LogP contribution in [-0.2, 0) is 39.8 Å². The highest BCUT2D eigenvalue weighted by atomic mass is 35.5. The number of carbonyl (C=O) groups excluding carboxylic acids is 2. The zero-order chi connectivity index (χ0) is 27.5. The summed E-state index contributed by atoms with van der Waals surface area (Å²) >= 11 is 6.37. The summed E-state index contributed by atoms with van der Waals surface area (Å²) in [5.41, 5.74) is 1.60. The zero-order valence-corrected chi connectivity index (χ0v) is 21.6. The molecule has 3 N–H and O–H groups in total. The van der Waals surface area contributed by atoms with Crippen molar-refractivity contribution in [2.24, 2.45) is 16.8 Å². The number of carbonyl (C=O) groups is 4. The summed E-state index contributed by atoms with van der Waals surface area (Å²) in [5.74, 6) is -5.28. The third kappa shape index (κ3) is 8.38. The summed E-state index contributed by atoms with van der Waals surface area (Å²) in [5, 5.41) is 21.1. The van der Waals surface area contributed by atoms with Gasteiger partial charge in [-0.15, -0.1) is 0 Å². The van der Waals surface area contributed by atoms with Gasteiger partial charge in [-0.3, -0.25) is 19.4 Å². The van der Waals surface area contributed by atoms with Gasteiger partial charge in [0.15, 0.2) is 0 Å². The van der Waals surface area contributed by atoms with Crippen LogP contribution in [0.2, 0.25) is 5.02 Å². The number of rotatable bonds is 14. The normalized spacial score (nSPS) is 18.1. The number of carboxylic acid groups (broad SMARTS) is 2. The molecule has 0 saturated carbocycles. The Morgan fingerprint density at radius 1 is 1.19 bits per heavy atom. The second-order valence-corrected chi connectivity index (χ2v) is 8.64. The molecule has 37 heavy (non-hydrogen) atoms. The lowest BCUT2D eigenvalue weighted by atomic mass is 9.76. The van der Waals surface area contributed by atoms with E-state index in [1.165, 1.54) is 7.11 Å². The van der Waals surface area contributed by atoms with Gasteiger partial charge < -0.3 is 29.7 Å². The van der Waals surface area contributed by atoms with Crippen LogP contribution < -0.4 is 5.32 Å². The molecule has 1 aromatic rings.